The summed E-state index contributed by atoms with van der Waals surface area (Å²) >= 11 is 0. The predicted molar refractivity (Wildman–Crippen MR) is 307 cm³/mol. The molecule has 6 nitrogen and oxygen atoms in total. The molecule has 0 spiro atoms. The molecular weight excluding hydrogens is 877 g/mol. The van der Waals surface area contributed by atoms with Crippen LogP contribution in [-0.2, 0) is 28.6 Å². The van der Waals surface area contributed by atoms with Crippen LogP contribution in [0.1, 0.15) is 329 Å². The topological polar surface area (TPSA) is 78.9 Å². The monoisotopic (exact) mass is 995 g/mol. The Hall–Kier alpha value is -2.63. The zero-order valence-electron chi connectivity index (χ0n) is 47.5. The standard InChI is InChI=1S/C65H118O6/c1-4-7-10-13-16-19-22-25-28-31-32-35-37-40-43-46-49-52-55-58-64(67)70-61-62(71-65(68)59-56-53-50-47-44-41-38-34-30-27-24-21-18-15-12-9-6-3)60-69-63(66)57-54-51-48-45-42-39-36-33-29-26-23-20-17-14-11-8-5-2/h18,21,25-30,62H,4-17,19-20,22-24,31-61H2,1-3H3/b21-18-,28-25-,29-26-,30-27-/t62-/m0/s1. The maximum Gasteiger partial charge on any atom is 0.306 e. The number of unbranched alkanes of at least 4 members (excludes halogenated alkanes) is 38. The average Bonchev–Trinajstić information content (AvgIpc) is 3.37. The van der Waals surface area contributed by atoms with Gasteiger partial charge < -0.3 is 14.2 Å². The fraction of sp³-hybridized carbons (Fsp3) is 0.831. The van der Waals surface area contributed by atoms with E-state index < -0.39 is 6.10 Å². The molecule has 0 amide bonds. The molecule has 0 saturated heterocycles. The second kappa shape index (κ2) is 59.9. The van der Waals surface area contributed by atoms with Crippen molar-refractivity contribution in [1.82, 2.24) is 0 Å². The highest BCUT2D eigenvalue weighted by Gasteiger charge is 2.19. The Morgan fingerprint density at radius 3 is 0.817 bits per heavy atom. The van der Waals surface area contributed by atoms with Gasteiger partial charge in [-0.1, -0.05) is 256 Å². The zero-order chi connectivity index (χ0) is 51.4. The van der Waals surface area contributed by atoms with Crippen molar-refractivity contribution in [3.8, 4) is 0 Å². The smallest absolute Gasteiger partial charge is 0.306 e. The summed E-state index contributed by atoms with van der Waals surface area (Å²) in [5.41, 5.74) is 0. The fourth-order valence-electron chi connectivity index (χ4n) is 9.05. The van der Waals surface area contributed by atoms with Crippen LogP contribution >= 0.6 is 0 Å². The number of ether oxygens (including phenoxy) is 3. The van der Waals surface area contributed by atoms with E-state index in [4.69, 9.17) is 14.2 Å². The molecule has 71 heavy (non-hydrogen) atoms. The van der Waals surface area contributed by atoms with Gasteiger partial charge in [-0.3, -0.25) is 14.4 Å². The first-order valence-corrected chi connectivity index (χ1v) is 31.1. The lowest BCUT2D eigenvalue weighted by atomic mass is 10.1. The van der Waals surface area contributed by atoms with Crippen molar-refractivity contribution in [2.24, 2.45) is 0 Å². The lowest BCUT2D eigenvalue weighted by Crippen LogP contribution is -2.30. The molecule has 0 bridgehead atoms. The van der Waals surface area contributed by atoms with Crippen molar-refractivity contribution in [3.63, 3.8) is 0 Å². The van der Waals surface area contributed by atoms with E-state index in [1.54, 1.807) is 0 Å². The number of carbonyl (C=O) groups is 3. The van der Waals surface area contributed by atoms with Crippen LogP contribution in [0.2, 0.25) is 0 Å². The van der Waals surface area contributed by atoms with E-state index in [-0.39, 0.29) is 31.1 Å². The Kier molecular flexibility index (Phi) is 57.7. The summed E-state index contributed by atoms with van der Waals surface area (Å²) in [4.78, 5) is 38.3. The largest absolute Gasteiger partial charge is 0.462 e. The van der Waals surface area contributed by atoms with Crippen LogP contribution < -0.4 is 0 Å². The van der Waals surface area contributed by atoms with Gasteiger partial charge in [0.15, 0.2) is 6.10 Å². The number of allylic oxidation sites excluding steroid dienone is 8. The number of hydrogen-bond acceptors (Lipinski definition) is 6. The minimum atomic E-state index is -0.780. The highest BCUT2D eigenvalue weighted by atomic mass is 16.6. The zero-order valence-corrected chi connectivity index (χ0v) is 47.5. The van der Waals surface area contributed by atoms with Crippen molar-refractivity contribution in [2.75, 3.05) is 13.2 Å². The molecule has 0 rings (SSSR count). The molecule has 0 aromatic heterocycles. The first kappa shape index (κ1) is 68.4. The molecule has 0 N–H and O–H groups in total. The summed E-state index contributed by atoms with van der Waals surface area (Å²) in [7, 11) is 0. The van der Waals surface area contributed by atoms with E-state index in [2.05, 4.69) is 69.4 Å². The van der Waals surface area contributed by atoms with E-state index in [0.29, 0.717) is 19.3 Å². The molecule has 6 heteroatoms. The van der Waals surface area contributed by atoms with E-state index in [1.165, 1.54) is 218 Å². The molecular formula is C65H118O6. The molecule has 0 fully saturated rings. The van der Waals surface area contributed by atoms with Gasteiger partial charge in [0.05, 0.1) is 0 Å². The van der Waals surface area contributed by atoms with Crippen molar-refractivity contribution in [1.29, 1.82) is 0 Å². The van der Waals surface area contributed by atoms with Crippen molar-refractivity contribution >= 4 is 17.9 Å². The van der Waals surface area contributed by atoms with Crippen LogP contribution in [0.5, 0.6) is 0 Å². The van der Waals surface area contributed by atoms with Crippen LogP contribution in [0.3, 0.4) is 0 Å². The summed E-state index contributed by atoms with van der Waals surface area (Å²) in [6.07, 6.45) is 73.9. The number of carbonyl (C=O) groups excluding carboxylic acids is 3. The molecule has 0 aromatic rings. The molecule has 0 heterocycles. The predicted octanol–water partition coefficient (Wildman–Crippen LogP) is 21.0. The van der Waals surface area contributed by atoms with Crippen molar-refractivity contribution < 1.29 is 28.6 Å². The summed E-state index contributed by atoms with van der Waals surface area (Å²) in [6.45, 7) is 6.64. The van der Waals surface area contributed by atoms with E-state index in [0.717, 1.165) is 70.6 Å². The quantitative estimate of drug-likeness (QED) is 0.0261. The van der Waals surface area contributed by atoms with E-state index in [1.807, 2.05) is 0 Å². The molecule has 0 aliphatic heterocycles. The van der Waals surface area contributed by atoms with Gasteiger partial charge in [0.25, 0.3) is 0 Å². The number of esters is 3. The summed E-state index contributed by atoms with van der Waals surface area (Å²) in [5, 5.41) is 0. The van der Waals surface area contributed by atoms with Gasteiger partial charge >= 0.3 is 17.9 Å². The second-order valence-electron chi connectivity index (χ2n) is 21.0. The second-order valence-corrected chi connectivity index (χ2v) is 21.0. The van der Waals surface area contributed by atoms with Crippen LogP contribution in [0.15, 0.2) is 48.6 Å². The maximum atomic E-state index is 12.9. The SMILES string of the molecule is CCCCC/C=C\C/C=C\CCCCCCCCCC(=O)O[C@@H](COC(=O)CCCCCCCCC/C=C\CCCCCCCC)COC(=O)CCCCCCCCCCC/C=C\CCCCCCCC. The van der Waals surface area contributed by atoms with Gasteiger partial charge in [-0.15, -0.1) is 0 Å². The van der Waals surface area contributed by atoms with Gasteiger partial charge in [0, 0.05) is 19.3 Å². The Morgan fingerprint density at radius 1 is 0.282 bits per heavy atom. The fourth-order valence-corrected chi connectivity index (χ4v) is 9.05. The third kappa shape index (κ3) is 58.1. The Bertz CT molecular complexity index is 1230. The van der Waals surface area contributed by atoms with Crippen LogP contribution in [0.25, 0.3) is 0 Å². The first-order chi connectivity index (χ1) is 35.0. The molecule has 0 saturated carbocycles. The number of rotatable bonds is 57. The lowest BCUT2D eigenvalue weighted by Gasteiger charge is -2.18. The molecule has 0 aliphatic carbocycles. The average molecular weight is 996 g/mol. The Labute approximate surface area is 441 Å². The molecule has 0 radical (unpaired) electrons. The minimum Gasteiger partial charge on any atom is -0.462 e. The molecule has 0 aromatic carbocycles. The van der Waals surface area contributed by atoms with E-state index >= 15 is 0 Å². The van der Waals surface area contributed by atoms with Crippen LogP contribution in [0, 0.1) is 0 Å². The maximum absolute atomic E-state index is 12.9. The lowest BCUT2D eigenvalue weighted by molar-refractivity contribution is -0.167. The first-order valence-electron chi connectivity index (χ1n) is 31.1. The van der Waals surface area contributed by atoms with Crippen LogP contribution in [-0.4, -0.2) is 37.2 Å². The normalized spacial score (nSPS) is 12.3. The van der Waals surface area contributed by atoms with Gasteiger partial charge in [0.2, 0.25) is 0 Å². The molecule has 1 atom stereocenters. The summed E-state index contributed by atoms with van der Waals surface area (Å²) in [6, 6.07) is 0. The molecule has 0 unspecified atom stereocenters. The number of hydrogen-bond donors (Lipinski definition) is 0. The van der Waals surface area contributed by atoms with Crippen LogP contribution in [0.4, 0.5) is 0 Å². The highest BCUT2D eigenvalue weighted by Crippen LogP contribution is 2.16. The highest BCUT2D eigenvalue weighted by molar-refractivity contribution is 5.71. The molecule has 414 valence electrons. The third-order valence-corrected chi connectivity index (χ3v) is 13.8. The summed E-state index contributed by atoms with van der Waals surface area (Å²) in [5.74, 6) is -0.873. The summed E-state index contributed by atoms with van der Waals surface area (Å²) < 4.78 is 16.9. The molecule has 0 aliphatic rings. The third-order valence-electron chi connectivity index (χ3n) is 13.8. The van der Waals surface area contributed by atoms with Gasteiger partial charge in [-0.25, -0.2) is 0 Å². The van der Waals surface area contributed by atoms with Crippen molar-refractivity contribution in [3.05, 3.63) is 48.6 Å². The Morgan fingerprint density at radius 2 is 0.507 bits per heavy atom. The van der Waals surface area contributed by atoms with E-state index in [9.17, 15) is 14.4 Å². The van der Waals surface area contributed by atoms with Gasteiger partial charge in [-0.2, -0.15) is 0 Å². The van der Waals surface area contributed by atoms with Gasteiger partial charge in [-0.05, 0) is 103 Å². The Balaban J connectivity index is 4.37. The van der Waals surface area contributed by atoms with Crippen molar-refractivity contribution in [2.45, 2.75) is 335 Å². The minimum absolute atomic E-state index is 0.0768. The van der Waals surface area contributed by atoms with Gasteiger partial charge in [0.1, 0.15) is 13.2 Å².